The normalized spacial score (nSPS) is 16.3. The van der Waals surface area contributed by atoms with Gasteiger partial charge in [-0.15, -0.1) is 0 Å². The highest BCUT2D eigenvalue weighted by Crippen LogP contribution is 2.32. The first kappa shape index (κ1) is 17.0. The van der Waals surface area contributed by atoms with E-state index in [1.165, 1.54) is 12.1 Å². The first-order valence-corrected chi connectivity index (χ1v) is 7.44. The second-order valence-electron chi connectivity index (χ2n) is 4.73. The van der Waals surface area contributed by atoms with Crippen LogP contribution in [-0.4, -0.2) is 31.3 Å². The standard InChI is InChI=1S/C16H17ClN2O4/c1-4-23-10(2)15-12(9-14(20)22-3)18-19(16(15)21)13-8-6-5-7-11(13)17/h5-8H,4,9H2,1-3H3/b15-10+. The third-order valence-electron chi connectivity index (χ3n) is 3.25. The number of halogens is 1. The SMILES string of the molecule is CCO/C(C)=C1/C(=O)N(c2ccccc2Cl)N=C1CC(=O)OC. The third-order valence-corrected chi connectivity index (χ3v) is 3.57. The minimum atomic E-state index is -0.487. The molecule has 0 atom stereocenters. The van der Waals surface area contributed by atoms with Gasteiger partial charge >= 0.3 is 5.97 Å². The molecule has 0 N–H and O–H groups in total. The number of rotatable bonds is 5. The summed E-state index contributed by atoms with van der Waals surface area (Å²) in [7, 11) is 1.28. The number of carbonyl (C=O) groups excluding carboxylic acids is 2. The second kappa shape index (κ2) is 7.28. The number of esters is 1. The summed E-state index contributed by atoms with van der Waals surface area (Å²) >= 11 is 6.14. The number of hydrogen-bond acceptors (Lipinski definition) is 5. The Kier molecular flexibility index (Phi) is 5.39. The predicted octanol–water partition coefficient (Wildman–Crippen LogP) is 2.92. The molecule has 1 aromatic rings. The molecule has 0 spiro atoms. The topological polar surface area (TPSA) is 68.2 Å². The van der Waals surface area contributed by atoms with Crippen molar-refractivity contribution in [3.63, 3.8) is 0 Å². The Labute approximate surface area is 139 Å². The van der Waals surface area contributed by atoms with E-state index >= 15 is 0 Å². The van der Waals surface area contributed by atoms with Gasteiger partial charge in [-0.2, -0.15) is 10.1 Å². The first-order valence-electron chi connectivity index (χ1n) is 7.06. The Morgan fingerprint density at radius 2 is 2.04 bits per heavy atom. The van der Waals surface area contributed by atoms with Crippen LogP contribution < -0.4 is 5.01 Å². The number of para-hydroxylation sites is 1. The number of hydrazone groups is 1. The van der Waals surface area contributed by atoms with Crippen molar-refractivity contribution in [1.82, 2.24) is 0 Å². The molecule has 0 saturated heterocycles. The maximum atomic E-state index is 12.7. The molecule has 0 unspecified atom stereocenters. The van der Waals surface area contributed by atoms with E-state index < -0.39 is 5.97 Å². The molecular weight excluding hydrogens is 320 g/mol. The van der Waals surface area contributed by atoms with E-state index in [0.717, 1.165) is 0 Å². The molecule has 0 fully saturated rings. The molecule has 0 bridgehead atoms. The average Bonchev–Trinajstić information content (AvgIpc) is 2.84. The van der Waals surface area contributed by atoms with Crippen molar-refractivity contribution in [3.05, 3.63) is 40.6 Å². The molecule has 0 radical (unpaired) electrons. The number of ether oxygens (including phenoxy) is 2. The van der Waals surface area contributed by atoms with E-state index in [9.17, 15) is 9.59 Å². The molecule has 1 aromatic carbocycles. The van der Waals surface area contributed by atoms with Crippen LogP contribution in [0.3, 0.4) is 0 Å². The van der Waals surface area contributed by atoms with Crippen molar-refractivity contribution in [2.24, 2.45) is 5.10 Å². The van der Waals surface area contributed by atoms with Crippen LogP contribution in [-0.2, 0) is 19.1 Å². The molecule has 1 aliphatic heterocycles. The molecule has 7 heteroatoms. The van der Waals surface area contributed by atoms with Gasteiger partial charge in [0.1, 0.15) is 11.3 Å². The smallest absolute Gasteiger partial charge is 0.311 e. The lowest BCUT2D eigenvalue weighted by atomic mass is 10.1. The van der Waals surface area contributed by atoms with Gasteiger partial charge in [0.15, 0.2) is 0 Å². The molecular formula is C16H17ClN2O4. The van der Waals surface area contributed by atoms with Crippen LogP contribution in [0.2, 0.25) is 5.02 Å². The highest BCUT2D eigenvalue weighted by atomic mass is 35.5. The summed E-state index contributed by atoms with van der Waals surface area (Å²) in [5.41, 5.74) is 1.01. The Hall–Kier alpha value is -2.34. The molecule has 23 heavy (non-hydrogen) atoms. The van der Waals surface area contributed by atoms with Gasteiger partial charge in [-0.05, 0) is 26.0 Å². The van der Waals surface area contributed by atoms with Crippen molar-refractivity contribution in [2.45, 2.75) is 20.3 Å². The Bertz CT molecular complexity index is 697. The third kappa shape index (κ3) is 3.53. The molecule has 0 aliphatic carbocycles. The zero-order chi connectivity index (χ0) is 17.0. The van der Waals surface area contributed by atoms with Crippen LogP contribution in [0.5, 0.6) is 0 Å². The molecule has 1 amide bonds. The van der Waals surface area contributed by atoms with Crippen LogP contribution in [0.25, 0.3) is 0 Å². The molecule has 1 heterocycles. The number of methoxy groups -OCH3 is 1. The summed E-state index contributed by atoms with van der Waals surface area (Å²) in [5.74, 6) is -0.461. The summed E-state index contributed by atoms with van der Waals surface area (Å²) in [6.45, 7) is 3.88. The highest BCUT2D eigenvalue weighted by molar-refractivity contribution is 6.37. The number of allylic oxidation sites excluding steroid dienone is 1. The number of hydrogen-bond donors (Lipinski definition) is 0. The average molecular weight is 337 g/mol. The van der Waals surface area contributed by atoms with E-state index in [0.29, 0.717) is 28.8 Å². The molecule has 0 aromatic heterocycles. The summed E-state index contributed by atoms with van der Waals surface area (Å²) < 4.78 is 10.1. The monoisotopic (exact) mass is 336 g/mol. The number of anilines is 1. The van der Waals surface area contributed by atoms with E-state index in [-0.39, 0.29) is 17.9 Å². The van der Waals surface area contributed by atoms with Crippen LogP contribution in [0.15, 0.2) is 40.7 Å². The molecule has 2 rings (SSSR count). The zero-order valence-electron chi connectivity index (χ0n) is 13.1. The van der Waals surface area contributed by atoms with Crippen molar-refractivity contribution in [2.75, 3.05) is 18.7 Å². The predicted molar refractivity (Wildman–Crippen MR) is 87.3 cm³/mol. The van der Waals surface area contributed by atoms with Crippen LogP contribution in [0, 0.1) is 0 Å². The first-order chi connectivity index (χ1) is 11.0. The van der Waals surface area contributed by atoms with E-state index in [1.54, 1.807) is 31.2 Å². The molecule has 6 nitrogen and oxygen atoms in total. The van der Waals surface area contributed by atoms with Gasteiger partial charge in [-0.3, -0.25) is 9.59 Å². The Morgan fingerprint density at radius 1 is 1.35 bits per heavy atom. The highest BCUT2D eigenvalue weighted by Gasteiger charge is 2.35. The Morgan fingerprint density at radius 3 is 2.65 bits per heavy atom. The van der Waals surface area contributed by atoms with Gasteiger partial charge in [0, 0.05) is 0 Å². The fourth-order valence-corrected chi connectivity index (χ4v) is 2.42. The Balaban J connectivity index is 2.47. The lowest BCUT2D eigenvalue weighted by molar-refractivity contribution is -0.139. The van der Waals surface area contributed by atoms with E-state index in [4.69, 9.17) is 16.3 Å². The van der Waals surface area contributed by atoms with Crippen LogP contribution in [0.4, 0.5) is 5.69 Å². The van der Waals surface area contributed by atoms with Crippen LogP contribution >= 0.6 is 11.6 Å². The van der Waals surface area contributed by atoms with Crippen molar-refractivity contribution >= 4 is 34.9 Å². The number of nitrogens with zero attached hydrogens (tertiary/aromatic N) is 2. The van der Waals surface area contributed by atoms with Crippen molar-refractivity contribution < 1.29 is 19.1 Å². The van der Waals surface area contributed by atoms with Gasteiger partial charge in [0.05, 0.1) is 36.6 Å². The van der Waals surface area contributed by atoms with Crippen molar-refractivity contribution in [3.8, 4) is 0 Å². The minimum Gasteiger partial charge on any atom is -0.498 e. The maximum Gasteiger partial charge on any atom is 0.311 e. The minimum absolute atomic E-state index is 0.122. The number of amides is 1. The quantitative estimate of drug-likeness (QED) is 0.471. The second-order valence-corrected chi connectivity index (χ2v) is 5.14. The lowest BCUT2D eigenvalue weighted by Crippen LogP contribution is -2.23. The van der Waals surface area contributed by atoms with E-state index in [2.05, 4.69) is 9.84 Å². The van der Waals surface area contributed by atoms with E-state index in [1.807, 2.05) is 6.92 Å². The van der Waals surface area contributed by atoms with Crippen LogP contribution in [0.1, 0.15) is 20.3 Å². The summed E-state index contributed by atoms with van der Waals surface area (Å²) in [6.07, 6.45) is -0.122. The molecule has 0 saturated carbocycles. The van der Waals surface area contributed by atoms with Gasteiger partial charge in [0.2, 0.25) is 0 Å². The van der Waals surface area contributed by atoms with Gasteiger partial charge in [0.25, 0.3) is 5.91 Å². The summed E-state index contributed by atoms with van der Waals surface area (Å²) in [4.78, 5) is 24.3. The van der Waals surface area contributed by atoms with Gasteiger partial charge in [-0.25, -0.2) is 0 Å². The summed E-state index contributed by atoms with van der Waals surface area (Å²) in [6, 6.07) is 6.85. The lowest BCUT2D eigenvalue weighted by Gasteiger charge is -2.13. The maximum absolute atomic E-state index is 12.7. The number of benzene rings is 1. The number of carbonyl (C=O) groups is 2. The molecule has 122 valence electrons. The fraction of sp³-hybridized carbons (Fsp3) is 0.312. The zero-order valence-corrected chi connectivity index (χ0v) is 13.9. The largest absolute Gasteiger partial charge is 0.498 e. The van der Waals surface area contributed by atoms with Gasteiger partial charge in [-0.1, -0.05) is 23.7 Å². The van der Waals surface area contributed by atoms with Crippen molar-refractivity contribution in [1.29, 1.82) is 0 Å². The van der Waals surface area contributed by atoms with Gasteiger partial charge < -0.3 is 9.47 Å². The summed E-state index contributed by atoms with van der Waals surface area (Å²) in [5, 5.41) is 5.82. The molecule has 1 aliphatic rings. The fourth-order valence-electron chi connectivity index (χ4n) is 2.21.